The van der Waals surface area contributed by atoms with Gasteiger partial charge in [0, 0.05) is 12.7 Å². The number of halogens is 1. The lowest BCUT2D eigenvalue weighted by Gasteiger charge is -2.08. The van der Waals surface area contributed by atoms with Gasteiger partial charge in [0.1, 0.15) is 5.75 Å². The van der Waals surface area contributed by atoms with E-state index in [4.69, 9.17) is 16.3 Å². The predicted octanol–water partition coefficient (Wildman–Crippen LogP) is 3.73. The molecule has 0 amide bonds. The van der Waals surface area contributed by atoms with E-state index in [0.29, 0.717) is 23.2 Å². The van der Waals surface area contributed by atoms with Gasteiger partial charge in [-0.25, -0.2) is 4.98 Å². The van der Waals surface area contributed by atoms with Gasteiger partial charge in [-0.3, -0.25) is 4.98 Å². The van der Waals surface area contributed by atoms with Crippen LogP contribution in [-0.2, 0) is 6.54 Å². The van der Waals surface area contributed by atoms with Crippen molar-refractivity contribution in [3.05, 3.63) is 46.9 Å². The van der Waals surface area contributed by atoms with E-state index in [2.05, 4.69) is 22.2 Å². The Bertz CT molecular complexity index is 575. The Labute approximate surface area is 124 Å². The fourth-order valence-electron chi connectivity index (χ4n) is 1.72. The first-order chi connectivity index (χ1) is 9.69. The highest BCUT2D eigenvalue weighted by Crippen LogP contribution is 2.28. The van der Waals surface area contributed by atoms with Crippen LogP contribution in [0.4, 0.5) is 0 Å². The fourth-order valence-corrected chi connectivity index (χ4v) is 1.99. The second-order valence-corrected chi connectivity index (χ2v) is 4.97. The third kappa shape index (κ3) is 4.18. The first-order valence-corrected chi connectivity index (χ1v) is 7.02. The molecule has 0 unspecified atom stereocenters. The molecule has 0 radical (unpaired) electrons. The molecular formula is C15H18ClN3O. The van der Waals surface area contributed by atoms with Gasteiger partial charge >= 0.3 is 0 Å². The van der Waals surface area contributed by atoms with Crippen LogP contribution in [0.15, 0.2) is 30.6 Å². The third-order valence-corrected chi connectivity index (χ3v) is 2.99. The zero-order valence-electron chi connectivity index (χ0n) is 11.7. The fraction of sp³-hybridized carbons (Fsp3) is 0.333. The molecule has 0 bridgehead atoms. The second-order valence-electron chi connectivity index (χ2n) is 4.56. The summed E-state index contributed by atoms with van der Waals surface area (Å²) in [4.78, 5) is 8.53. The number of hydrogen-bond donors (Lipinski definition) is 1. The Kier molecular flexibility index (Phi) is 5.32. The van der Waals surface area contributed by atoms with Gasteiger partial charge < -0.3 is 10.1 Å². The van der Waals surface area contributed by atoms with E-state index in [-0.39, 0.29) is 0 Å². The smallest absolute Gasteiger partial charge is 0.238 e. The Morgan fingerprint density at radius 2 is 2.15 bits per heavy atom. The van der Waals surface area contributed by atoms with Gasteiger partial charge in [-0.1, -0.05) is 24.6 Å². The number of hydrogen-bond acceptors (Lipinski definition) is 4. The van der Waals surface area contributed by atoms with Crippen LogP contribution in [0.3, 0.4) is 0 Å². The SMILES string of the molecule is CCCNCc1cncc(Oc2ccc(C)cc2Cl)n1. The molecule has 0 spiro atoms. The summed E-state index contributed by atoms with van der Waals surface area (Å²) < 4.78 is 5.68. The lowest BCUT2D eigenvalue weighted by atomic mass is 10.2. The molecule has 4 nitrogen and oxygen atoms in total. The molecule has 0 saturated carbocycles. The van der Waals surface area contributed by atoms with Gasteiger partial charge in [-0.15, -0.1) is 0 Å². The van der Waals surface area contributed by atoms with Crippen molar-refractivity contribution in [3.63, 3.8) is 0 Å². The van der Waals surface area contributed by atoms with Crippen LogP contribution in [-0.4, -0.2) is 16.5 Å². The van der Waals surface area contributed by atoms with E-state index in [1.807, 2.05) is 25.1 Å². The van der Waals surface area contributed by atoms with Crippen LogP contribution in [0.25, 0.3) is 0 Å². The van der Waals surface area contributed by atoms with Crippen molar-refractivity contribution in [2.75, 3.05) is 6.54 Å². The summed E-state index contributed by atoms with van der Waals surface area (Å²) in [6.07, 6.45) is 4.40. The average Bonchev–Trinajstić information content (AvgIpc) is 2.43. The average molecular weight is 292 g/mol. The van der Waals surface area contributed by atoms with Gasteiger partial charge in [0.15, 0.2) is 0 Å². The zero-order valence-corrected chi connectivity index (χ0v) is 12.4. The molecule has 0 aliphatic heterocycles. The minimum Gasteiger partial charge on any atom is -0.436 e. The topological polar surface area (TPSA) is 47.0 Å². The monoisotopic (exact) mass is 291 g/mol. The molecular weight excluding hydrogens is 274 g/mol. The van der Waals surface area contributed by atoms with E-state index in [0.717, 1.165) is 24.2 Å². The first-order valence-electron chi connectivity index (χ1n) is 6.64. The summed E-state index contributed by atoms with van der Waals surface area (Å²) >= 11 is 6.14. The largest absolute Gasteiger partial charge is 0.436 e. The van der Waals surface area contributed by atoms with Crippen molar-refractivity contribution in [1.82, 2.24) is 15.3 Å². The number of ether oxygens (including phenoxy) is 1. The standard InChI is InChI=1S/C15H18ClN3O/c1-3-6-17-8-12-9-18-10-15(19-12)20-14-5-4-11(2)7-13(14)16/h4-5,7,9-10,17H,3,6,8H2,1-2H3. The molecule has 0 aliphatic rings. The Balaban J connectivity index is 2.07. The quantitative estimate of drug-likeness (QED) is 0.824. The molecule has 0 aliphatic carbocycles. The van der Waals surface area contributed by atoms with Crippen LogP contribution in [0.5, 0.6) is 11.6 Å². The van der Waals surface area contributed by atoms with E-state index in [1.165, 1.54) is 0 Å². The third-order valence-electron chi connectivity index (χ3n) is 2.70. The summed E-state index contributed by atoms with van der Waals surface area (Å²) in [5.74, 6) is 1.04. The summed E-state index contributed by atoms with van der Waals surface area (Å²) in [6, 6.07) is 5.64. The molecule has 0 fully saturated rings. The lowest BCUT2D eigenvalue weighted by Crippen LogP contribution is -2.15. The molecule has 1 N–H and O–H groups in total. The van der Waals surface area contributed by atoms with Gasteiger partial charge in [0.2, 0.25) is 5.88 Å². The predicted molar refractivity (Wildman–Crippen MR) is 80.3 cm³/mol. The highest BCUT2D eigenvalue weighted by atomic mass is 35.5. The highest BCUT2D eigenvalue weighted by molar-refractivity contribution is 6.32. The van der Waals surface area contributed by atoms with E-state index in [9.17, 15) is 0 Å². The number of nitrogens with zero attached hydrogens (tertiary/aromatic N) is 2. The number of aryl methyl sites for hydroxylation is 1. The molecule has 1 aromatic carbocycles. The minimum atomic E-state index is 0.451. The van der Waals surface area contributed by atoms with Crippen molar-refractivity contribution in [3.8, 4) is 11.6 Å². The number of rotatable bonds is 6. The molecule has 0 atom stereocenters. The molecule has 20 heavy (non-hydrogen) atoms. The van der Waals surface area contributed by atoms with Crippen molar-refractivity contribution >= 4 is 11.6 Å². The van der Waals surface area contributed by atoms with Crippen LogP contribution in [0.1, 0.15) is 24.6 Å². The van der Waals surface area contributed by atoms with Crippen LogP contribution in [0, 0.1) is 6.92 Å². The maximum absolute atomic E-state index is 6.14. The van der Waals surface area contributed by atoms with Crippen LogP contribution in [0.2, 0.25) is 5.02 Å². The molecule has 106 valence electrons. The highest BCUT2D eigenvalue weighted by Gasteiger charge is 2.05. The Morgan fingerprint density at radius 3 is 2.90 bits per heavy atom. The number of aromatic nitrogens is 2. The van der Waals surface area contributed by atoms with Gasteiger partial charge in [0.25, 0.3) is 0 Å². The van der Waals surface area contributed by atoms with Gasteiger partial charge in [-0.2, -0.15) is 0 Å². The summed E-state index contributed by atoms with van der Waals surface area (Å²) in [6.45, 7) is 5.74. The van der Waals surface area contributed by atoms with Gasteiger partial charge in [-0.05, 0) is 37.6 Å². The molecule has 2 rings (SSSR count). The minimum absolute atomic E-state index is 0.451. The summed E-state index contributed by atoms with van der Waals surface area (Å²) in [5, 5.41) is 3.85. The van der Waals surface area contributed by atoms with Crippen molar-refractivity contribution in [2.45, 2.75) is 26.8 Å². The van der Waals surface area contributed by atoms with Crippen molar-refractivity contribution in [1.29, 1.82) is 0 Å². The molecule has 5 heteroatoms. The molecule has 2 aromatic rings. The number of nitrogens with one attached hydrogen (secondary N) is 1. The van der Waals surface area contributed by atoms with Crippen molar-refractivity contribution in [2.24, 2.45) is 0 Å². The maximum Gasteiger partial charge on any atom is 0.238 e. The Hall–Kier alpha value is -1.65. The van der Waals surface area contributed by atoms with E-state index in [1.54, 1.807) is 12.4 Å². The van der Waals surface area contributed by atoms with Gasteiger partial charge in [0.05, 0.1) is 16.9 Å². The molecule has 1 heterocycles. The van der Waals surface area contributed by atoms with E-state index >= 15 is 0 Å². The second kappa shape index (κ2) is 7.22. The molecule has 1 aromatic heterocycles. The van der Waals surface area contributed by atoms with Crippen LogP contribution < -0.4 is 10.1 Å². The van der Waals surface area contributed by atoms with E-state index < -0.39 is 0 Å². The zero-order chi connectivity index (χ0) is 14.4. The lowest BCUT2D eigenvalue weighted by molar-refractivity contribution is 0.456. The number of benzene rings is 1. The maximum atomic E-state index is 6.14. The van der Waals surface area contributed by atoms with Crippen molar-refractivity contribution < 1.29 is 4.74 Å². The normalized spacial score (nSPS) is 10.6. The summed E-state index contributed by atoms with van der Waals surface area (Å²) in [7, 11) is 0. The molecule has 0 saturated heterocycles. The summed E-state index contributed by atoms with van der Waals surface area (Å²) in [5.41, 5.74) is 1.94. The Morgan fingerprint density at radius 1 is 1.30 bits per heavy atom. The first kappa shape index (κ1) is 14.8. The van der Waals surface area contributed by atoms with Crippen LogP contribution >= 0.6 is 11.6 Å².